The fourth-order valence-electron chi connectivity index (χ4n) is 8.60. The van der Waals surface area contributed by atoms with Gasteiger partial charge in [-0.25, -0.2) is 4.39 Å². The number of carbonyl (C=O) groups excluding carboxylic acids is 2. The number of rotatable bonds is 7. The molecule has 0 amide bonds. The first-order valence-electron chi connectivity index (χ1n) is 13.5. The Morgan fingerprint density at radius 2 is 1.74 bits per heavy atom. The van der Waals surface area contributed by atoms with Gasteiger partial charge in [0.15, 0.2) is 6.17 Å². The zero-order valence-electron chi connectivity index (χ0n) is 22.1. The van der Waals surface area contributed by atoms with E-state index in [0.29, 0.717) is 25.2 Å². The van der Waals surface area contributed by atoms with Crippen LogP contribution in [0.4, 0.5) is 13.2 Å². The van der Waals surface area contributed by atoms with Crippen molar-refractivity contribution >= 4 is 22.1 Å². The summed E-state index contributed by atoms with van der Waals surface area (Å²) in [6.45, 7) is 4.80. The van der Waals surface area contributed by atoms with Gasteiger partial charge in [-0.05, 0) is 81.0 Å². The minimum absolute atomic E-state index is 0.0103. The lowest BCUT2D eigenvalue weighted by molar-refractivity contribution is -0.215. The molecule has 0 aromatic heterocycles. The molecule has 9 atom stereocenters. The Hall–Kier alpha value is -1.40. The van der Waals surface area contributed by atoms with Crippen molar-refractivity contribution < 1.29 is 50.3 Å². The summed E-state index contributed by atoms with van der Waals surface area (Å²) in [5.74, 6) is -1.07. The summed E-state index contributed by atoms with van der Waals surface area (Å²) in [5.41, 5.74) is -1.92. The number of carbonyl (C=O) groups is 2. The molecule has 218 valence electrons. The first-order chi connectivity index (χ1) is 17.5. The van der Waals surface area contributed by atoms with E-state index >= 15 is 0 Å². The van der Waals surface area contributed by atoms with Crippen LogP contribution >= 0.6 is 0 Å². The maximum Gasteiger partial charge on any atom is 0.400 e. The number of aliphatic hydroxyl groups is 1. The molecular weight excluding hydrogens is 529 g/mol. The normalized spacial score (nSPS) is 41.8. The standard InChI is InChI=1S/C26H39F3O8S/c1-15(30)37-17-6-10-23(2)16(14-17)4-5-19-18(23)7-11-24(3)20(8-12-25(19,24)32)22(31)36-13-9-21(27)26(28,29)38(33,34)35/h16-21,32H,4-14H2,1-3H3,(H,33,34,35)/t16-,17+,18+,19-,20-,21?,23+,24-,25+/m1/s1. The molecule has 0 aromatic carbocycles. The summed E-state index contributed by atoms with van der Waals surface area (Å²) in [6, 6.07) is 0. The topological polar surface area (TPSA) is 127 Å². The number of fused-ring (bicyclic) bond motifs is 5. The molecule has 4 aliphatic rings. The number of hydrogen-bond acceptors (Lipinski definition) is 7. The molecule has 2 N–H and O–H groups in total. The first kappa shape index (κ1) is 29.6. The van der Waals surface area contributed by atoms with Crippen molar-refractivity contribution in [3.8, 4) is 0 Å². The van der Waals surface area contributed by atoms with E-state index in [0.717, 1.165) is 38.5 Å². The molecular formula is C26H39F3O8S. The van der Waals surface area contributed by atoms with Gasteiger partial charge in [-0.3, -0.25) is 14.1 Å². The Kier molecular flexibility index (Phi) is 7.71. The highest BCUT2D eigenvalue weighted by atomic mass is 32.2. The Bertz CT molecular complexity index is 1050. The van der Waals surface area contributed by atoms with E-state index in [4.69, 9.17) is 14.0 Å². The van der Waals surface area contributed by atoms with Crippen molar-refractivity contribution in [1.29, 1.82) is 0 Å². The van der Waals surface area contributed by atoms with Gasteiger partial charge in [0, 0.05) is 18.8 Å². The minimum Gasteiger partial charge on any atom is -0.465 e. The molecule has 38 heavy (non-hydrogen) atoms. The molecule has 0 spiro atoms. The highest BCUT2D eigenvalue weighted by molar-refractivity contribution is 7.86. The molecule has 0 aliphatic heterocycles. The van der Waals surface area contributed by atoms with Gasteiger partial charge in [-0.15, -0.1) is 0 Å². The second kappa shape index (κ2) is 9.90. The smallest absolute Gasteiger partial charge is 0.400 e. The molecule has 4 saturated carbocycles. The van der Waals surface area contributed by atoms with E-state index in [1.54, 1.807) is 0 Å². The van der Waals surface area contributed by atoms with Gasteiger partial charge in [0.05, 0.1) is 18.1 Å². The molecule has 0 heterocycles. The van der Waals surface area contributed by atoms with Crippen LogP contribution in [-0.4, -0.2) is 59.8 Å². The van der Waals surface area contributed by atoms with Crippen LogP contribution in [0, 0.1) is 34.5 Å². The number of ether oxygens (including phenoxy) is 2. The number of esters is 2. The maximum atomic E-state index is 13.8. The third-order valence-corrected chi connectivity index (χ3v) is 11.7. The van der Waals surface area contributed by atoms with Crippen molar-refractivity contribution in [2.45, 2.75) is 108 Å². The fraction of sp³-hybridized carbons (Fsp3) is 0.923. The summed E-state index contributed by atoms with van der Waals surface area (Å²) in [6.07, 6.45) is 1.91. The molecule has 1 unspecified atom stereocenters. The van der Waals surface area contributed by atoms with E-state index in [1.165, 1.54) is 6.92 Å². The second-order valence-corrected chi connectivity index (χ2v) is 13.9. The van der Waals surface area contributed by atoms with Crippen LogP contribution in [0.5, 0.6) is 0 Å². The Labute approximate surface area is 221 Å². The van der Waals surface area contributed by atoms with Crippen LogP contribution in [0.25, 0.3) is 0 Å². The van der Waals surface area contributed by atoms with Gasteiger partial charge < -0.3 is 14.6 Å². The predicted molar refractivity (Wildman–Crippen MR) is 129 cm³/mol. The summed E-state index contributed by atoms with van der Waals surface area (Å²) in [7, 11) is -5.94. The third kappa shape index (κ3) is 4.66. The summed E-state index contributed by atoms with van der Waals surface area (Å²) < 4.78 is 81.3. The summed E-state index contributed by atoms with van der Waals surface area (Å²) in [4.78, 5) is 24.5. The van der Waals surface area contributed by atoms with Gasteiger partial charge in [-0.1, -0.05) is 13.8 Å². The molecule has 0 radical (unpaired) electrons. The predicted octanol–water partition coefficient (Wildman–Crippen LogP) is 4.44. The van der Waals surface area contributed by atoms with Gasteiger partial charge in [0.1, 0.15) is 6.10 Å². The Morgan fingerprint density at radius 3 is 2.37 bits per heavy atom. The average molecular weight is 569 g/mol. The van der Waals surface area contributed by atoms with Crippen LogP contribution in [0.15, 0.2) is 0 Å². The van der Waals surface area contributed by atoms with E-state index in [2.05, 4.69) is 6.92 Å². The molecule has 4 rings (SSSR count). The molecule has 8 nitrogen and oxygen atoms in total. The molecule has 0 saturated heterocycles. The van der Waals surface area contributed by atoms with Gasteiger partial charge in [0.2, 0.25) is 0 Å². The van der Waals surface area contributed by atoms with Gasteiger partial charge >= 0.3 is 27.3 Å². The maximum absolute atomic E-state index is 13.8. The summed E-state index contributed by atoms with van der Waals surface area (Å²) in [5, 5.41) is 7.14. The third-order valence-electron chi connectivity index (χ3n) is 10.7. The SMILES string of the molecule is CC(=O)O[C@H]1CC[C@@]2(C)[C@H](CC[C@@H]3[C@@H]2CC[C@]2(C)[C@@H](C(=O)OCCC(F)C(F)(F)S(=O)(=O)O)CC[C@]32O)C1. The van der Waals surface area contributed by atoms with E-state index in [9.17, 15) is 36.3 Å². The van der Waals surface area contributed by atoms with Crippen molar-refractivity contribution in [2.24, 2.45) is 34.5 Å². The van der Waals surface area contributed by atoms with E-state index in [-0.39, 0.29) is 29.3 Å². The molecule has 0 bridgehead atoms. The lowest BCUT2D eigenvalue weighted by Gasteiger charge is -2.63. The van der Waals surface area contributed by atoms with Crippen molar-refractivity contribution in [3.63, 3.8) is 0 Å². The van der Waals surface area contributed by atoms with E-state index < -0.39 is 57.5 Å². The summed E-state index contributed by atoms with van der Waals surface area (Å²) >= 11 is 0. The number of halogens is 3. The fourth-order valence-corrected chi connectivity index (χ4v) is 9.04. The Morgan fingerprint density at radius 1 is 1.05 bits per heavy atom. The Balaban J connectivity index is 1.42. The highest BCUT2D eigenvalue weighted by Crippen LogP contribution is 2.69. The lowest BCUT2D eigenvalue weighted by atomic mass is 9.43. The minimum atomic E-state index is -5.94. The largest absolute Gasteiger partial charge is 0.465 e. The molecule has 4 aliphatic carbocycles. The van der Waals surface area contributed by atoms with Crippen molar-refractivity contribution in [2.75, 3.05) is 6.61 Å². The molecule has 4 fully saturated rings. The molecule has 12 heteroatoms. The zero-order valence-corrected chi connectivity index (χ0v) is 22.9. The van der Waals surface area contributed by atoms with Crippen LogP contribution in [0.1, 0.15) is 85.0 Å². The van der Waals surface area contributed by atoms with E-state index in [1.807, 2.05) is 6.92 Å². The van der Waals surface area contributed by atoms with Crippen molar-refractivity contribution in [3.05, 3.63) is 0 Å². The van der Waals surface area contributed by atoms with Crippen LogP contribution in [0.2, 0.25) is 0 Å². The van der Waals surface area contributed by atoms with Crippen LogP contribution in [0.3, 0.4) is 0 Å². The first-order valence-corrected chi connectivity index (χ1v) is 15.0. The molecule has 0 aromatic rings. The highest BCUT2D eigenvalue weighted by Gasteiger charge is 2.68. The van der Waals surface area contributed by atoms with Gasteiger partial charge in [-0.2, -0.15) is 17.2 Å². The lowest BCUT2D eigenvalue weighted by Crippen LogP contribution is -2.62. The zero-order chi connectivity index (χ0) is 28.3. The van der Waals surface area contributed by atoms with Crippen LogP contribution < -0.4 is 0 Å². The quantitative estimate of drug-likeness (QED) is 0.341. The monoisotopic (exact) mass is 568 g/mol. The number of alkyl halides is 3. The van der Waals surface area contributed by atoms with Crippen molar-refractivity contribution in [1.82, 2.24) is 0 Å². The number of hydrogen-bond donors (Lipinski definition) is 2. The average Bonchev–Trinajstić information content (AvgIpc) is 3.09. The second-order valence-electron chi connectivity index (χ2n) is 12.4. The van der Waals surface area contributed by atoms with Gasteiger partial charge in [0.25, 0.3) is 0 Å². The van der Waals surface area contributed by atoms with Crippen LogP contribution in [-0.2, 0) is 29.2 Å².